The van der Waals surface area contributed by atoms with Crippen LogP contribution in [0.2, 0.25) is 0 Å². The third kappa shape index (κ3) is 4.91. The van der Waals surface area contributed by atoms with Crippen molar-refractivity contribution in [3.8, 4) is 0 Å². The molecule has 0 saturated carbocycles. The zero-order chi connectivity index (χ0) is 21.0. The Kier molecular flexibility index (Phi) is 6.51. The van der Waals surface area contributed by atoms with Gasteiger partial charge in [-0.15, -0.1) is 0 Å². The maximum Gasteiger partial charge on any atom is 0.243 e. The smallest absolute Gasteiger partial charge is 0.243 e. The van der Waals surface area contributed by atoms with E-state index in [2.05, 4.69) is 5.32 Å². The number of rotatable bonds is 6. The van der Waals surface area contributed by atoms with Crippen molar-refractivity contribution in [2.24, 2.45) is 0 Å². The van der Waals surface area contributed by atoms with Gasteiger partial charge >= 0.3 is 0 Å². The van der Waals surface area contributed by atoms with E-state index in [0.717, 1.165) is 24.8 Å². The quantitative estimate of drug-likeness (QED) is 0.767. The average molecular weight is 428 g/mol. The second-order valence-electron chi connectivity index (χ2n) is 8.08. The summed E-state index contributed by atoms with van der Waals surface area (Å²) >= 11 is 0. The van der Waals surface area contributed by atoms with E-state index in [1.165, 1.54) is 17.5 Å². The van der Waals surface area contributed by atoms with Crippen LogP contribution in [0.5, 0.6) is 0 Å². The molecule has 0 bridgehead atoms. The molecule has 1 N–H and O–H groups in total. The lowest BCUT2D eigenvalue weighted by Gasteiger charge is -2.33. The Balaban J connectivity index is 1.30. The van der Waals surface area contributed by atoms with Crippen molar-refractivity contribution >= 4 is 15.9 Å². The SMILES string of the molecule is O=C(CN1CCN(S(=O)(=O)c2ccc3c(c2)CCCC3)CC1)NCc1ccccc1. The van der Waals surface area contributed by atoms with Crippen molar-refractivity contribution in [1.29, 1.82) is 0 Å². The molecule has 0 spiro atoms. The highest BCUT2D eigenvalue weighted by atomic mass is 32.2. The van der Waals surface area contributed by atoms with Crippen LogP contribution in [0, 0.1) is 0 Å². The van der Waals surface area contributed by atoms with Crippen LogP contribution in [0.25, 0.3) is 0 Å². The predicted molar refractivity (Wildman–Crippen MR) is 117 cm³/mol. The molecule has 2 aromatic carbocycles. The molecule has 0 unspecified atom stereocenters. The van der Waals surface area contributed by atoms with Gasteiger partial charge in [-0.2, -0.15) is 4.31 Å². The van der Waals surface area contributed by atoms with Gasteiger partial charge in [0.1, 0.15) is 0 Å². The number of nitrogens with zero attached hydrogens (tertiary/aromatic N) is 2. The van der Waals surface area contributed by atoms with Gasteiger partial charge in [0.15, 0.2) is 0 Å². The normalized spacial score (nSPS) is 18.0. The van der Waals surface area contributed by atoms with E-state index in [1.807, 2.05) is 47.4 Å². The average Bonchev–Trinajstić information content (AvgIpc) is 2.78. The standard InChI is InChI=1S/C23H29N3O3S/c27-23(24-17-19-6-2-1-3-7-19)18-25-12-14-26(15-13-25)30(28,29)22-11-10-20-8-4-5-9-21(20)16-22/h1-3,6-7,10-11,16H,4-5,8-9,12-15,17-18H2,(H,24,27). The van der Waals surface area contributed by atoms with Gasteiger partial charge in [0, 0.05) is 32.7 Å². The Morgan fingerprint density at radius 1 is 0.900 bits per heavy atom. The summed E-state index contributed by atoms with van der Waals surface area (Å²) in [6, 6.07) is 15.4. The van der Waals surface area contributed by atoms with Crippen LogP contribution in [0.3, 0.4) is 0 Å². The summed E-state index contributed by atoms with van der Waals surface area (Å²) in [5.41, 5.74) is 3.52. The topological polar surface area (TPSA) is 69.7 Å². The molecule has 6 nitrogen and oxygen atoms in total. The van der Waals surface area contributed by atoms with Crippen molar-refractivity contribution in [1.82, 2.24) is 14.5 Å². The maximum atomic E-state index is 13.1. The largest absolute Gasteiger partial charge is 0.351 e. The molecular formula is C23H29N3O3S. The van der Waals surface area contributed by atoms with E-state index < -0.39 is 10.0 Å². The first kappa shape index (κ1) is 21.0. The number of aryl methyl sites for hydroxylation is 2. The van der Waals surface area contributed by atoms with Crippen molar-refractivity contribution in [3.05, 3.63) is 65.2 Å². The number of sulfonamides is 1. The molecule has 0 radical (unpaired) electrons. The summed E-state index contributed by atoms with van der Waals surface area (Å²) in [7, 11) is -3.49. The van der Waals surface area contributed by atoms with E-state index in [0.29, 0.717) is 44.2 Å². The van der Waals surface area contributed by atoms with E-state index in [9.17, 15) is 13.2 Å². The number of hydrogen-bond acceptors (Lipinski definition) is 4. The number of benzene rings is 2. The molecule has 4 rings (SSSR count). The number of carbonyl (C=O) groups excluding carboxylic acids is 1. The fraction of sp³-hybridized carbons (Fsp3) is 0.435. The fourth-order valence-electron chi connectivity index (χ4n) is 4.20. The number of hydrogen-bond donors (Lipinski definition) is 1. The summed E-state index contributed by atoms with van der Waals surface area (Å²) in [6.45, 7) is 2.73. The lowest BCUT2D eigenvalue weighted by atomic mass is 9.92. The van der Waals surface area contributed by atoms with E-state index >= 15 is 0 Å². The van der Waals surface area contributed by atoms with Crippen LogP contribution in [-0.4, -0.2) is 56.3 Å². The highest BCUT2D eigenvalue weighted by molar-refractivity contribution is 7.89. The Hall–Kier alpha value is -2.22. The maximum absolute atomic E-state index is 13.1. The molecule has 1 aliphatic heterocycles. The minimum Gasteiger partial charge on any atom is -0.351 e. The van der Waals surface area contributed by atoms with Crippen molar-refractivity contribution in [3.63, 3.8) is 0 Å². The molecule has 7 heteroatoms. The van der Waals surface area contributed by atoms with Crippen molar-refractivity contribution in [2.45, 2.75) is 37.1 Å². The van der Waals surface area contributed by atoms with E-state index in [4.69, 9.17) is 0 Å². The van der Waals surface area contributed by atoms with Gasteiger partial charge in [0.25, 0.3) is 0 Å². The van der Waals surface area contributed by atoms with Crippen molar-refractivity contribution in [2.75, 3.05) is 32.7 Å². The molecule has 1 saturated heterocycles. The Labute approximate surface area is 178 Å². The van der Waals surface area contributed by atoms with Gasteiger partial charge in [-0.1, -0.05) is 36.4 Å². The number of piperazine rings is 1. The third-order valence-electron chi connectivity index (χ3n) is 5.99. The van der Waals surface area contributed by atoms with Gasteiger partial charge in [0.2, 0.25) is 15.9 Å². The van der Waals surface area contributed by atoms with Gasteiger partial charge in [-0.3, -0.25) is 9.69 Å². The Morgan fingerprint density at radius 3 is 2.33 bits per heavy atom. The summed E-state index contributed by atoms with van der Waals surface area (Å²) in [4.78, 5) is 14.6. The minimum atomic E-state index is -3.49. The van der Waals surface area contributed by atoms with Gasteiger partial charge < -0.3 is 5.32 Å². The zero-order valence-corrected chi connectivity index (χ0v) is 18.0. The summed E-state index contributed by atoms with van der Waals surface area (Å²) < 4.78 is 27.7. The molecule has 1 aliphatic carbocycles. The van der Waals surface area contributed by atoms with Gasteiger partial charge in [0.05, 0.1) is 11.4 Å². The molecule has 2 aromatic rings. The molecule has 0 atom stereocenters. The minimum absolute atomic E-state index is 0.0372. The first-order chi connectivity index (χ1) is 14.5. The molecule has 2 aliphatic rings. The first-order valence-corrected chi connectivity index (χ1v) is 12.1. The lowest BCUT2D eigenvalue weighted by Crippen LogP contribution is -2.51. The van der Waals surface area contributed by atoms with Gasteiger partial charge in [-0.25, -0.2) is 8.42 Å². The van der Waals surface area contributed by atoms with E-state index in [1.54, 1.807) is 10.4 Å². The molecule has 30 heavy (non-hydrogen) atoms. The molecule has 1 fully saturated rings. The number of fused-ring (bicyclic) bond motifs is 1. The second kappa shape index (κ2) is 9.29. The van der Waals surface area contributed by atoms with Crippen LogP contribution in [-0.2, 0) is 34.2 Å². The van der Waals surface area contributed by atoms with Gasteiger partial charge in [-0.05, 0) is 54.5 Å². The number of nitrogens with one attached hydrogen (secondary N) is 1. The summed E-state index contributed by atoms with van der Waals surface area (Å²) in [5, 5.41) is 2.93. The van der Waals surface area contributed by atoms with Crippen LogP contribution >= 0.6 is 0 Å². The summed E-state index contributed by atoms with van der Waals surface area (Å²) in [5.74, 6) is -0.0372. The Bertz CT molecular complexity index is 984. The molecular weight excluding hydrogens is 398 g/mol. The molecule has 1 heterocycles. The molecule has 160 valence electrons. The lowest BCUT2D eigenvalue weighted by molar-refractivity contribution is -0.122. The predicted octanol–water partition coefficient (Wildman–Crippen LogP) is 2.19. The zero-order valence-electron chi connectivity index (χ0n) is 17.2. The number of carbonyl (C=O) groups is 1. The summed E-state index contributed by atoms with van der Waals surface area (Å²) in [6.07, 6.45) is 4.31. The monoisotopic (exact) mass is 427 g/mol. The van der Waals surface area contributed by atoms with E-state index in [-0.39, 0.29) is 5.91 Å². The van der Waals surface area contributed by atoms with Crippen LogP contribution in [0.1, 0.15) is 29.5 Å². The third-order valence-corrected chi connectivity index (χ3v) is 7.88. The highest BCUT2D eigenvalue weighted by Crippen LogP contribution is 2.26. The Morgan fingerprint density at radius 2 is 1.60 bits per heavy atom. The first-order valence-electron chi connectivity index (χ1n) is 10.7. The fourth-order valence-corrected chi connectivity index (χ4v) is 5.68. The van der Waals surface area contributed by atoms with Crippen LogP contribution in [0.4, 0.5) is 0 Å². The second-order valence-corrected chi connectivity index (χ2v) is 10.0. The van der Waals surface area contributed by atoms with Crippen molar-refractivity contribution < 1.29 is 13.2 Å². The highest BCUT2D eigenvalue weighted by Gasteiger charge is 2.29. The van der Waals surface area contributed by atoms with Crippen LogP contribution in [0.15, 0.2) is 53.4 Å². The van der Waals surface area contributed by atoms with Crippen LogP contribution < -0.4 is 5.32 Å². The number of amides is 1. The molecule has 0 aromatic heterocycles. The molecule has 1 amide bonds.